The Bertz CT molecular complexity index is 1220. The number of aromatic nitrogens is 1. The van der Waals surface area contributed by atoms with Gasteiger partial charge in [0.15, 0.2) is 0 Å². The van der Waals surface area contributed by atoms with Crippen LogP contribution in [0.25, 0.3) is 33.2 Å². The SMILES string of the molecule is [B]c1cc2cc(C)ccc2c(-c2ccc3c(c2)C(C)(C)c2ccccc2-3)n1. The Morgan fingerprint density at radius 1 is 0.815 bits per heavy atom. The van der Waals surface area contributed by atoms with Gasteiger partial charge < -0.3 is 0 Å². The van der Waals surface area contributed by atoms with Gasteiger partial charge >= 0.3 is 0 Å². The molecule has 2 heteroatoms. The lowest BCUT2D eigenvalue weighted by molar-refractivity contribution is 0.660. The normalized spacial score (nSPS) is 14.2. The first-order chi connectivity index (χ1) is 12.9. The molecule has 0 atom stereocenters. The fourth-order valence-electron chi connectivity index (χ4n) is 4.47. The second kappa shape index (κ2) is 5.56. The van der Waals surface area contributed by atoms with Gasteiger partial charge in [-0.25, -0.2) is 0 Å². The summed E-state index contributed by atoms with van der Waals surface area (Å²) in [4.78, 5) is 4.70. The molecule has 3 aromatic carbocycles. The van der Waals surface area contributed by atoms with Crippen LogP contribution in [0.1, 0.15) is 30.5 Å². The van der Waals surface area contributed by atoms with Crippen LogP contribution in [-0.2, 0) is 5.41 Å². The molecule has 27 heavy (non-hydrogen) atoms. The van der Waals surface area contributed by atoms with Crippen LogP contribution in [0.5, 0.6) is 0 Å². The van der Waals surface area contributed by atoms with Crippen molar-refractivity contribution in [3.63, 3.8) is 0 Å². The van der Waals surface area contributed by atoms with Crippen molar-refractivity contribution in [2.45, 2.75) is 26.2 Å². The standard InChI is InChI=1S/C25H20BN/c1-15-8-10-18-17(12-15)14-23(26)27-24(18)16-9-11-20-19-6-4-5-7-21(19)25(2,3)22(20)13-16/h4-14H,1-3H3. The molecular weight excluding hydrogens is 325 g/mol. The maximum absolute atomic E-state index is 6.14. The summed E-state index contributed by atoms with van der Waals surface area (Å²) in [6, 6.07) is 23.8. The molecule has 1 aliphatic carbocycles. The maximum atomic E-state index is 6.14. The van der Waals surface area contributed by atoms with Crippen LogP contribution in [0.4, 0.5) is 0 Å². The van der Waals surface area contributed by atoms with E-state index in [0.29, 0.717) is 5.59 Å². The minimum atomic E-state index is -0.0192. The molecule has 0 unspecified atom stereocenters. The third-order valence-electron chi connectivity index (χ3n) is 5.86. The van der Waals surface area contributed by atoms with Crippen LogP contribution in [-0.4, -0.2) is 12.8 Å². The van der Waals surface area contributed by atoms with Gasteiger partial charge in [-0.15, -0.1) is 0 Å². The zero-order chi connectivity index (χ0) is 18.8. The highest BCUT2D eigenvalue weighted by molar-refractivity contribution is 6.32. The van der Waals surface area contributed by atoms with Crippen LogP contribution >= 0.6 is 0 Å². The third-order valence-corrected chi connectivity index (χ3v) is 5.86. The van der Waals surface area contributed by atoms with Gasteiger partial charge in [-0.2, -0.15) is 0 Å². The average Bonchev–Trinajstić information content (AvgIpc) is 2.88. The molecule has 0 N–H and O–H groups in total. The molecule has 5 rings (SSSR count). The number of fused-ring (bicyclic) bond motifs is 4. The predicted octanol–water partition coefficient (Wildman–Crippen LogP) is 5.31. The Labute approximate surface area is 161 Å². The second-order valence-electron chi connectivity index (χ2n) is 8.05. The van der Waals surface area contributed by atoms with E-state index >= 15 is 0 Å². The summed E-state index contributed by atoms with van der Waals surface area (Å²) in [5, 5.41) is 2.28. The summed E-state index contributed by atoms with van der Waals surface area (Å²) in [7, 11) is 6.14. The highest BCUT2D eigenvalue weighted by atomic mass is 14.7. The van der Waals surface area contributed by atoms with Crippen LogP contribution in [0, 0.1) is 6.92 Å². The monoisotopic (exact) mass is 345 g/mol. The van der Waals surface area contributed by atoms with Crippen molar-refractivity contribution >= 4 is 24.2 Å². The number of rotatable bonds is 1. The lowest BCUT2D eigenvalue weighted by Crippen LogP contribution is -2.15. The number of pyridine rings is 1. The first-order valence-corrected chi connectivity index (χ1v) is 9.37. The van der Waals surface area contributed by atoms with Gasteiger partial charge in [0, 0.05) is 16.4 Å². The topological polar surface area (TPSA) is 12.9 Å². The number of hydrogen-bond acceptors (Lipinski definition) is 1. The van der Waals surface area contributed by atoms with E-state index in [1.165, 1.54) is 27.8 Å². The van der Waals surface area contributed by atoms with Crippen LogP contribution < -0.4 is 5.59 Å². The van der Waals surface area contributed by atoms with E-state index in [-0.39, 0.29) is 5.41 Å². The smallest absolute Gasteiger partial charge is 0.141 e. The van der Waals surface area contributed by atoms with Crippen molar-refractivity contribution in [2.75, 3.05) is 0 Å². The van der Waals surface area contributed by atoms with Crippen molar-refractivity contribution in [3.05, 3.63) is 83.4 Å². The van der Waals surface area contributed by atoms with E-state index in [1.807, 2.05) is 6.07 Å². The molecule has 0 saturated heterocycles. The Morgan fingerprint density at radius 2 is 1.59 bits per heavy atom. The van der Waals surface area contributed by atoms with Crippen LogP contribution in [0.15, 0.2) is 66.7 Å². The van der Waals surface area contributed by atoms with Crippen molar-refractivity contribution in [3.8, 4) is 22.4 Å². The number of hydrogen-bond donors (Lipinski definition) is 0. The number of nitrogens with zero attached hydrogens (tertiary/aromatic N) is 1. The van der Waals surface area contributed by atoms with Crippen LogP contribution in [0.2, 0.25) is 0 Å². The molecule has 0 bridgehead atoms. The van der Waals surface area contributed by atoms with Crippen LogP contribution in [0.3, 0.4) is 0 Å². The Morgan fingerprint density at radius 3 is 2.44 bits per heavy atom. The molecule has 2 radical (unpaired) electrons. The fraction of sp³-hybridized carbons (Fsp3) is 0.160. The molecular formula is C25H20BN. The Balaban J connectivity index is 1.77. The minimum Gasteiger partial charge on any atom is -0.264 e. The molecule has 0 aliphatic heterocycles. The maximum Gasteiger partial charge on any atom is 0.141 e. The summed E-state index contributed by atoms with van der Waals surface area (Å²) in [6.45, 7) is 6.70. The molecule has 1 aliphatic rings. The summed E-state index contributed by atoms with van der Waals surface area (Å²) < 4.78 is 0. The first kappa shape index (κ1) is 16.3. The highest BCUT2D eigenvalue weighted by Gasteiger charge is 2.35. The summed E-state index contributed by atoms with van der Waals surface area (Å²) in [6.07, 6.45) is 0. The molecule has 0 saturated carbocycles. The largest absolute Gasteiger partial charge is 0.264 e. The summed E-state index contributed by atoms with van der Waals surface area (Å²) >= 11 is 0. The first-order valence-electron chi connectivity index (χ1n) is 9.37. The van der Waals surface area contributed by atoms with Crippen molar-refractivity contribution < 1.29 is 0 Å². The number of benzene rings is 3. The van der Waals surface area contributed by atoms with Gasteiger partial charge in [-0.05, 0) is 52.3 Å². The van der Waals surface area contributed by atoms with Gasteiger partial charge in [0.05, 0.1) is 5.69 Å². The zero-order valence-electron chi connectivity index (χ0n) is 15.9. The predicted molar refractivity (Wildman–Crippen MR) is 115 cm³/mol. The van der Waals surface area contributed by atoms with E-state index in [2.05, 4.69) is 81.4 Å². The van der Waals surface area contributed by atoms with E-state index in [4.69, 9.17) is 12.8 Å². The van der Waals surface area contributed by atoms with E-state index in [9.17, 15) is 0 Å². The Hall–Kier alpha value is -2.87. The van der Waals surface area contributed by atoms with E-state index in [0.717, 1.165) is 22.0 Å². The minimum absolute atomic E-state index is 0.0192. The lowest BCUT2D eigenvalue weighted by Gasteiger charge is -2.22. The van der Waals surface area contributed by atoms with Crippen molar-refractivity contribution in [1.82, 2.24) is 4.98 Å². The molecule has 1 nitrogen and oxygen atoms in total. The van der Waals surface area contributed by atoms with Crippen molar-refractivity contribution in [1.29, 1.82) is 0 Å². The lowest BCUT2D eigenvalue weighted by atomic mass is 9.81. The molecule has 1 heterocycles. The fourth-order valence-corrected chi connectivity index (χ4v) is 4.47. The second-order valence-corrected chi connectivity index (χ2v) is 8.05. The quantitative estimate of drug-likeness (QED) is 0.426. The zero-order valence-corrected chi connectivity index (χ0v) is 15.9. The highest BCUT2D eigenvalue weighted by Crippen LogP contribution is 2.49. The van der Waals surface area contributed by atoms with Gasteiger partial charge in [-0.1, -0.05) is 74.0 Å². The van der Waals surface area contributed by atoms with Gasteiger partial charge in [-0.3, -0.25) is 4.98 Å². The van der Waals surface area contributed by atoms with Gasteiger partial charge in [0.2, 0.25) is 0 Å². The van der Waals surface area contributed by atoms with Gasteiger partial charge in [0.25, 0.3) is 0 Å². The molecule has 128 valence electrons. The van der Waals surface area contributed by atoms with Crippen molar-refractivity contribution in [2.24, 2.45) is 0 Å². The molecule has 0 amide bonds. The van der Waals surface area contributed by atoms with E-state index < -0.39 is 0 Å². The molecule has 0 spiro atoms. The molecule has 0 fully saturated rings. The van der Waals surface area contributed by atoms with E-state index in [1.54, 1.807) is 0 Å². The average molecular weight is 345 g/mol. The summed E-state index contributed by atoms with van der Waals surface area (Å²) in [5.74, 6) is 0. The Kier molecular flexibility index (Phi) is 3.36. The number of aryl methyl sites for hydroxylation is 1. The van der Waals surface area contributed by atoms with Gasteiger partial charge in [0.1, 0.15) is 7.85 Å². The summed E-state index contributed by atoms with van der Waals surface area (Å²) in [5.41, 5.74) is 9.25. The molecule has 4 aromatic rings. The third kappa shape index (κ3) is 2.36. The molecule has 1 aromatic heterocycles.